The SMILES string of the molecule is Cc1ccc(COc2c(Cc3ccc(C)cc3)c(=O)oc3cc(CO)ccc23)cc1. The molecule has 4 heteroatoms. The fourth-order valence-corrected chi connectivity index (χ4v) is 3.42. The average Bonchev–Trinajstić information content (AvgIpc) is 2.75. The van der Waals surface area contributed by atoms with E-state index >= 15 is 0 Å². The summed E-state index contributed by atoms with van der Waals surface area (Å²) in [6.45, 7) is 4.30. The molecule has 0 aliphatic heterocycles. The zero-order chi connectivity index (χ0) is 21.1. The number of hydrogen-bond donors (Lipinski definition) is 1. The topological polar surface area (TPSA) is 59.7 Å². The van der Waals surface area contributed by atoms with Gasteiger partial charge in [0, 0.05) is 6.42 Å². The molecule has 3 aromatic carbocycles. The van der Waals surface area contributed by atoms with Crippen molar-refractivity contribution in [3.8, 4) is 5.75 Å². The van der Waals surface area contributed by atoms with E-state index in [0.717, 1.165) is 22.1 Å². The normalized spacial score (nSPS) is 11.0. The van der Waals surface area contributed by atoms with Crippen molar-refractivity contribution in [3.05, 3.63) is 111 Å². The lowest BCUT2D eigenvalue weighted by atomic mass is 10.0. The van der Waals surface area contributed by atoms with Crippen LogP contribution in [0.4, 0.5) is 0 Å². The van der Waals surface area contributed by atoms with Gasteiger partial charge in [0.2, 0.25) is 0 Å². The van der Waals surface area contributed by atoms with E-state index in [2.05, 4.69) is 0 Å². The van der Waals surface area contributed by atoms with Crippen molar-refractivity contribution >= 4 is 11.0 Å². The van der Waals surface area contributed by atoms with Crippen molar-refractivity contribution in [2.45, 2.75) is 33.5 Å². The van der Waals surface area contributed by atoms with Gasteiger partial charge in [-0.15, -0.1) is 0 Å². The molecular weight excluding hydrogens is 376 g/mol. The third kappa shape index (κ3) is 4.29. The average molecular weight is 400 g/mol. The summed E-state index contributed by atoms with van der Waals surface area (Å²) < 4.78 is 11.8. The third-order valence-corrected chi connectivity index (χ3v) is 5.20. The second kappa shape index (κ2) is 8.56. The van der Waals surface area contributed by atoms with Gasteiger partial charge in [-0.25, -0.2) is 4.79 Å². The van der Waals surface area contributed by atoms with Crippen molar-refractivity contribution < 1.29 is 14.3 Å². The third-order valence-electron chi connectivity index (χ3n) is 5.20. The van der Waals surface area contributed by atoms with E-state index in [4.69, 9.17) is 9.15 Å². The highest BCUT2D eigenvalue weighted by Crippen LogP contribution is 2.31. The molecule has 0 saturated carbocycles. The van der Waals surface area contributed by atoms with Gasteiger partial charge in [0.1, 0.15) is 17.9 Å². The molecule has 0 radical (unpaired) electrons. The summed E-state index contributed by atoms with van der Waals surface area (Å²) in [5.41, 5.74) is 5.55. The Balaban J connectivity index is 1.78. The molecule has 1 heterocycles. The van der Waals surface area contributed by atoms with Crippen LogP contribution < -0.4 is 10.4 Å². The standard InChI is InChI=1S/C26H24O4/c1-17-3-7-19(8-4-17)13-23-25(29-16-20-9-5-18(2)6-10-20)22-12-11-21(15-27)14-24(22)30-26(23)28/h3-12,14,27H,13,15-16H2,1-2H3. The Bertz CT molecular complexity index is 1220. The van der Waals surface area contributed by atoms with Crippen LogP contribution in [-0.2, 0) is 19.6 Å². The molecule has 0 fully saturated rings. The number of ether oxygens (including phenoxy) is 1. The zero-order valence-corrected chi connectivity index (χ0v) is 17.1. The van der Waals surface area contributed by atoms with Crippen molar-refractivity contribution in [1.29, 1.82) is 0 Å². The lowest BCUT2D eigenvalue weighted by molar-refractivity contribution is 0.281. The Kier molecular flexibility index (Phi) is 5.68. The van der Waals surface area contributed by atoms with Gasteiger partial charge >= 0.3 is 5.63 Å². The molecule has 0 amide bonds. The van der Waals surface area contributed by atoms with E-state index in [1.807, 2.05) is 74.5 Å². The summed E-state index contributed by atoms with van der Waals surface area (Å²) in [6.07, 6.45) is 0.420. The highest BCUT2D eigenvalue weighted by Gasteiger charge is 2.17. The maximum atomic E-state index is 12.9. The van der Waals surface area contributed by atoms with Crippen LogP contribution in [0, 0.1) is 13.8 Å². The number of aryl methyl sites for hydroxylation is 2. The smallest absolute Gasteiger partial charge is 0.343 e. The highest BCUT2D eigenvalue weighted by atomic mass is 16.5. The molecule has 0 atom stereocenters. The molecule has 0 aliphatic carbocycles. The predicted octanol–water partition coefficient (Wildman–Crippen LogP) is 5.07. The minimum atomic E-state index is -0.419. The van der Waals surface area contributed by atoms with Crippen molar-refractivity contribution in [2.75, 3.05) is 0 Å². The Morgan fingerprint density at radius 1 is 0.833 bits per heavy atom. The summed E-state index contributed by atoms with van der Waals surface area (Å²) in [5, 5.41) is 10.2. The molecule has 0 bridgehead atoms. The van der Waals surface area contributed by atoms with Crippen LogP contribution in [0.1, 0.15) is 33.4 Å². The molecular formula is C26H24O4. The van der Waals surface area contributed by atoms with Crippen LogP contribution in [0.25, 0.3) is 11.0 Å². The number of aliphatic hydroxyl groups excluding tert-OH is 1. The van der Waals surface area contributed by atoms with Crippen LogP contribution >= 0.6 is 0 Å². The van der Waals surface area contributed by atoms with Crippen LogP contribution in [-0.4, -0.2) is 5.11 Å². The van der Waals surface area contributed by atoms with E-state index < -0.39 is 5.63 Å². The van der Waals surface area contributed by atoms with E-state index in [1.165, 1.54) is 5.56 Å². The van der Waals surface area contributed by atoms with Crippen LogP contribution in [0.15, 0.2) is 75.9 Å². The maximum absolute atomic E-state index is 12.9. The number of aliphatic hydroxyl groups is 1. The lowest BCUT2D eigenvalue weighted by Crippen LogP contribution is -2.12. The van der Waals surface area contributed by atoms with Crippen LogP contribution in [0.3, 0.4) is 0 Å². The minimum absolute atomic E-state index is 0.121. The highest BCUT2D eigenvalue weighted by molar-refractivity contribution is 5.85. The Morgan fingerprint density at radius 2 is 1.43 bits per heavy atom. The minimum Gasteiger partial charge on any atom is -0.488 e. The number of hydrogen-bond acceptors (Lipinski definition) is 4. The van der Waals surface area contributed by atoms with Gasteiger partial charge in [-0.3, -0.25) is 0 Å². The summed E-state index contributed by atoms with van der Waals surface area (Å²) in [6, 6.07) is 21.5. The molecule has 152 valence electrons. The Hall–Kier alpha value is -3.37. The van der Waals surface area contributed by atoms with Crippen LogP contribution in [0.2, 0.25) is 0 Å². The van der Waals surface area contributed by atoms with Crippen molar-refractivity contribution in [3.63, 3.8) is 0 Å². The Labute approximate surface area is 175 Å². The van der Waals surface area contributed by atoms with E-state index in [-0.39, 0.29) is 6.61 Å². The second-order valence-electron chi connectivity index (χ2n) is 7.62. The lowest BCUT2D eigenvalue weighted by Gasteiger charge is -2.14. The maximum Gasteiger partial charge on any atom is 0.343 e. The molecule has 0 unspecified atom stereocenters. The molecule has 4 aromatic rings. The first-order valence-corrected chi connectivity index (χ1v) is 9.97. The van der Waals surface area contributed by atoms with E-state index in [0.29, 0.717) is 35.5 Å². The first kappa shape index (κ1) is 19.9. The molecule has 0 aliphatic rings. The summed E-state index contributed by atoms with van der Waals surface area (Å²) in [4.78, 5) is 12.9. The number of benzene rings is 3. The molecule has 1 N–H and O–H groups in total. The second-order valence-corrected chi connectivity index (χ2v) is 7.62. The molecule has 4 nitrogen and oxygen atoms in total. The number of rotatable bonds is 6. The van der Waals surface area contributed by atoms with Gasteiger partial charge in [-0.2, -0.15) is 0 Å². The fraction of sp³-hybridized carbons (Fsp3) is 0.192. The molecule has 0 saturated heterocycles. The molecule has 0 spiro atoms. The first-order chi connectivity index (χ1) is 14.5. The fourth-order valence-electron chi connectivity index (χ4n) is 3.42. The monoisotopic (exact) mass is 400 g/mol. The summed E-state index contributed by atoms with van der Waals surface area (Å²) in [7, 11) is 0. The van der Waals surface area contributed by atoms with Gasteiger partial charge in [0.05, 0.1) is 17.6 Å². The van der Waals surface area contributed by atoms with Gasteiger partial charge in [-0.05, 0) is 42.7 Å². The summed E-state index contributed by atoms with van der Waals surface area (Å²) in [5.74, 6) is 0.534. The first-order valence-electron chi connectivity index (χ1n) is 9.97. The Morgan fingerprint density at radius 3 is 2.07 bits per heavy atom. The van der Waals surface area contributed by atoms with Crippen molar-refractivity contribution in [1.82, 2.24) is 0 Å². The van der Waals surface area contributed by atoms with E-state index in [1.54, 1.807) is 6.07 Å². The summed E-state index contributed by atoms with van der Waals surface area (Å²) >= 11 is 0. The van der Waals surface area contributed by atoms with E-state index in [9.17, 15) is 9.90 Å². The van der Waals surface area contributed by atoms with Crippen LogP contribution in [0.5, 0.6) is 5.75 Å². The number of fused-ring (bicyclic) bond motifs is 1. The van der Waals surface area contributed by atoms with Gasteiger partial charge < -0.3 is 14.3 Å². The molecule has 4 rings (SSSR count). The quantitative estimate of drug-likeness (QED) is 0.459. The van der Waals surface area contributed by atoms with Crippen molar-refractivity contribution in [2.24, 2.45) is 0 Å². The van der Waals surface area contributed by atoms with Gasteiger partial charge in [0.25, 0.3) is 0 Å². The zero-order valence-electron chi connectivity index (χ0n) is 17.1. The molecule has 1 aromatic heterocycles. The van der Waals surface area contributed by atoms with Gasteiger partial charge in [0.15, 0.2) is 0 Å². The van der Waals surface area contributed by atoms with Gasteiger partial charge in [-0.1, -0.05) is 65.7 Å². The molecule has 30 heavy (non-hydrogen) atoms. The predicted molar refractivity (Wildman–Crippen MR) is 118 cm³/mol. The largest absolute Gasteiger partial charge is 0.488 e.